The third-order valence-corrected chi connectivity index (χ3v) is 14.0. The maximum Gasteiger partial charge on any atom is 0.512 e. The molecule has 2 saturated heterocycles. The van der Waals surface area contributed by atoms with Gasteiger partial charge in [-0.1, -0.05) is 146 Å². The molecular weight excluding hydrogens is 1080 g/mol. The fourth-order valence-electron chi connectivity index (χ4n) is 10.5. The van der Waals surface area contributed by atoms with Crippen molar-refractivity contribution in [1.29, 1.82) is 0 Å². The Hall–Kier alpha value is -9.81. The molecule has 0 bridgehead atoms. The quantitative estimate of drug-likeness (QED) is 0.0136. The predicted octanol–water partition coefficient (Wildman–Crippen LogP) is 8.72. The van der Waals surface area contributed by atoms with E-state index in [4.69, 9.17) is 48.5 Å². The van der Waals surface area contributed by atoms with Gasteiger partial charge in [-0.3, -0.25) is 9.36 Å². The number of hydrogen-bond donors (Lipinski definition) is 0. The minimum Gasteiger partial charge on any atom is -0.465 e. The minimum absolute atomic E-state index is 0.0221. The molecule has 83 heavy (non-hydrogen) atoms. The van der Waals surface area contributed by atoms with Gasteiger partial charge in [-0.05, 0) is 75.7 Å². The first-order valence-electron chi connectivity index (χ1n) is 26.6. The molecule has 2 aliphatic heterocycles. The molecule has 2 aromatic heterocycles. The van der Waals surface area contributed by atoms with Gasteiger partial charge in [0.1, 0.15) is 30.5 Å². The second kappa shape index (κ2) is 24.9. The fraction of sp³-hybridized carbons (Fsp3) is 0.305. The molecule has 428 valence electrons. The molecule has 2 fully saturated rings. The number of benzene rings is 6. The van der Waals surface area contributed by atoms with E-state index in [9.17, 15) is 34.6 Å². The Bertz CT molecular complexity index is 3490. The molecule has 24 heteroatoms. The normalized spacial score (nSPS) is 17.0. The van der Waals surface area contributed by atoms with Crippen molar-refractivity contribution < 1.29 is 67.4 Å². The Kier molecular flexibility index (Phi) is 16.9. The second-order valence-corrected chi connectivity index (χ2v) is 19.8. The van der Waals surface area contributed by atoms with Gasteiger partial charge in [0, 0.05) is 25.8 Å². The van der Waals surface area contributed by atoms with Crippen molar-refractivity contribution in [3.63, 3.8) is 0 Å². The van der Waals surface area contributed by atoms with Crippen LogP contribution < -0.4 is 4.74 Å². The second-order valence-electron chi connectivity index (χ2n) is 19.8. The third kappa shape index (κ3) is 12.4. The van der Waals surface area contributed by atoms with E-state index >= 15 is 0 Å². The van der Waals surface area contributed by atoms with E-state index < -0.39 is 76.7 Å². The van der Waals surface area contributed by atoms with Crippen LogP contribution in [0.3, 0.4) is 0 Å². The number of nitrogens with zero attached hydrogens (tertiary/aromatic N) is 8. The SMILES string of the molecule is CCOc1nc2cccc(C(=O)OC(C)(C)OC(=O)O[C@@H]3CO[C@H]4[C@@H]3OC[C@H]4OC(=O)CCCC(CO[N+](=O)[O-])O[N+](=O)[O-])c2n1Cc1ccc(-c2ccccc2-c2nnnn2C(c2ccccc2)(c2ccccc2)c2ccccc2)cc1. The van der Waals surface area contributed by atoms with Gasteiger partial charge in [0.25, 0.3) is 22.0 Å². The van der Waals surface area contributed by atoms with Crippen molar-refractivity contribution in [3.8, 4) is 28.5 Å². The van der Waals surface area contributed by atoms with Crippen LogP contribution in [0.4, 0.5) is 4.79 Å². The Labute approximate surface area is 473 Å². The van der Waals surface area contributed by atoms with Gasteiger partial charge in [0.15, 0.2) is 18.0 Å². The number of tetrazole rings is 1. The van der Waals surface area contributed by atoms with Crippen molar-refractivity contribution >= 4 is 29.1 Å². The lowest BCUT2D eigenvalue weighted by atomic mass is 9.77. The Morgan fingerprint density at radius 2 is 1.33 bits per heavy atom. The summed E-state index contributed by atoms with van der Waals surface area (Å²) in [6.07, 6.45) is -6.31. The van der Waals surface area contributed by atoms with Crippen LogP contribution in [0.2, 0.25) is 0 Å². The molecule has 24 nitrogen and oxygen atoms in total. The van der Waals surface area contributed by atoms with Crippen molar-refractivity contribution in [1.82, 2.24) is 29.8 Å². The topological polar surface area (TPSA) is 282 Å². The first-order valence-corrected chi connectivity index (χ1v) is 26.6. The van der Waals surface area contributed by atoms with Crippen LogP contribution in [0.1, 0.15) is 72.6 Å². The molecule has 1 unspecified atom stereocenters. The Morgan fingerprint density at radius 1 is 0.723 bits per heavy atom. The lowest BCUT2D eigenvalue weighted by Crippen LogP contribution is -2.39. The molecule has 10 rings (SSSR count). The summed E-state index contributed by atoms with van der Waals surface area (Å²) in [5.41, 5.74) is 6.37. The van der Waals surface area contributed by atoms with Gasteiger partial charge < -0.3 is 42.8 Å². The number of imidazole rings is 1. The van der Waals surface area contributed by atoms with E-state index in [0.717, 1.165) is 38.9 Å². The zero-order valence-corrected chi connectivity index (χ0v) is 45.2. The highest BCUT2D eigenvalue weighted by molar-refractivity contribution is 6.02. The molecular formula is C59H56N8O16. The largest absolute Gasteiger partial charge is 0.512 e. The number of fused-ring (bicyclic) bond motifs is 2. The predicted molar refractivity (Wildman–Crippen MR) is 292 cm³/mol. The summed E-state index contributed by atoms with van der Waals surface area (Å²) in [7, 11) is 0. The Balaban J connectivity index is 0.821. The summed E-state index contributed by atoms with van der Waals surface area (Å²) in [5, 5.41) is 32.9. The zero-order chi connectivity index (χ0) is 58.1. The molecule has 4 heterocycles. The van der Waals surface area contributed by atoms with Gasteiger partial charge in [-0.2, -0.15) is 4.98 Å². The van der Waals surface area contributed by atoms with Crippen LogP contribution >= 0.6 is 0 Å². The van der Waals surface area contributed by atoms with Crippen LogP contribution in [-0.2, 0) is 55.0 Å². The number of rotatable bonds is 24. The summed E-state index contributed by atoms with van der Waals surface area (Å²) < 4.78 is 43.8. The van der Waals surface area contributed by atoms with E-state index in [0.29, 0.717) is 16.9 Å². The average Bonchev–Trinajstić information content (AvgIpc) is 2.43. The molecule has 5 atom stereocenters. The van der Waals surface area contributed by atoms with Crippen LogP contribution in [0, 0.1) is 20.2 Å². The van der Waals surface area contributed by atoms with E-state index in [1.165, 1.54) is 13.8 Å². The van der Waals surface area contributed by atoms with Gasteiger partial charge in [-0.15, -0.1) is 25.3 Å². The molecule has 0 spiro atoms. The maximum atomic E-state index is 14.2. The molecule has 2 aliphatic rings. The lowest BCUT2D eigenvalue weighted by Gasteiger charge is -2.36. The number of carbonyl (C=O) groups excluding carboxylic acids is 3. The van der Waals surface area contributed by atoms with Crippen LogP contribution in [0.5, 0.6) is 6.01 Å². The highest BCUT2D eigenvalue weighted by atomic mass is 17.0. The molecule has 0 aliphatic carbocycles. The molecule has 8 aromatic rings. The lowest BCUT2D eigenvalue weighted by molar-refractivity contribution is -0.790. The summed E-state index contributed by atoms with van der Waals surface area (Å²) in [5.74, 6) is -2.84. The van der Waals surface area contributed by atoms with Gasteiger partial charge in [-0.25, -0.2) is 14.3 Å². The number of hydrogen-bond acceptors (Lipinski definition) is 20. The molecule has 0 N–H and O–H groups in total. The number of esters is 2. The third-order valence-electron chi connectivity index (χ3n) is 14.0. The standard InChI is InChI=1S/C59H56N8O16/c1-4-75-56-60-47-28-17-27-46(55(69)81-58(2,3)82-57(70)80-49-37-77-52-48(36-76-53(49)52)79-50(68)29-16-24-43(83-67(73)74)35-78-66(71)72)51(47)64(56)34-38-30-32-39(33-31-38)44-25-14-15-26-45(44)54-61-62-63-65(54)59(40-18-8-5-9-19-40,41-20-10-6-11-21-41)42-22-12-7-13-23-42/h5-15,17-23,25-28,30-33,43,48-49,52-53H,4,16,24,29,34-37H2,1-3H3/t43?,48-,49-,52-,53-/m1/s1. The minimum atomic E-state index is -1.86. The van der Waals surface area contributed by atoms with E-state index in [-0.39, 0.29) is 57.2 Å². The maximum absolute atomic E-state index is 14.2. The molecule has 0 saturated carbocycles. The highest BCUT2D eigenvalue weighted by Crippen LogP contribution is 2.44. The first kappa shape index (κ1) is 56.5. The first-order chi connectivity index (χ1) is 40.2. The summed E-state index contributed by atoms with van der Waals surface area (Å²) in [6, 6.07) is 51.9. The molecule has 0 radical (unpaired) electrons. The van der Waals surface area contributed by atoms with Gasteiger partial charge in [0.2, 0.25) is 0 Å². The number of ether oxygens (including phenoxy) is 7. The van der Waals surface area contributed by atoms with Crippen molar-refractivity contribution in [2.75, 3.05) is 26.4 Å². The van der Waals surface area contributed by atoms with E-state index in [2.05, 4.69) is 51.3 Å². The van der Waals surface area contributed by atoms with E-state index in [1.54, 1.807) is 22.8 Å². The molecule has 0 amide bonds. The number of carbonyl (C=O) groups is 3. The molecule has 6 aromatic carbocycles. The van der Waals surface area contributed by atoms with Gasteiger partial charge in [0.05, 0.1) is 43.0 Å². The summed E-state index contributed by atoms with van der Waals surface area (Å²) >= 11 is 0. The zero-order valence-electron chi connectivity index (χ0n) is 45.2. The number of para-hydroxylation sites is 1. The van der Waals surface area contributed by atoms with Gasteiger partial charge >= 0.3 is 18.1 Å². The monoisotopic (exact) mass is 1130 g/mol. The highest BCUT2D eigenvalue weighted by Gasteiger charge is 2.52. The van der Waals surface area contributed by atoms with Crippen LogP contribution in [-0.4, -0.2) is 121 Å². The fourth-order valence-corrected chi connectivity index (χ4v) is 10.5. The Morgan fingerprint density at radius 3 is 1.93 bits per heavy atom. The van der Waals surface area contributed by atoms with Crippen molar-refractivity contribution in [2.45, 2.75) is 88.4 Å². The summed E-state index contributed by atoms with van der Waals surface area (Å²) in [4.78, 5) is 74.8. The van der Waals surface area contributed by atoms with Crippen LogP contribution in [0.25, 0.3) is 33.5 Å². The number of aromatic nitrogens is 6. The van der Waals surface area contributed by atoms with Crippen molar-refractivity contribution in [2.24, 2.45) is 0 Å². The smallest absolute Gasteiger partial charge is 0.465 e. The van der Waals surface area contributed by atoms with Crippen LogP contribution in [0.15, 0.2) is 158 Å². The van der Waals surface area contributed by atoms with Crippen molar-refractivity contribution in [3.05, 3.63) is 206 Å². The summed E-state index contributed by atoms with van der Waals surface area (Å²) in [6.45, 7) is 4.16. The average molecular weight is 1130 g/mol. The van der Waals surface area contributed by atoms with E-state index in [1.807, 2.05) is 115 Å².